The van der Waals surface area contributed by atoms with Gasteiger partial charge in [-0.05, 0) is 43.3 Å². The molecule has 2 fully saturated rings. The molecule has 2 N–H and O–H groups in total. The van der Waals surface area contributed by atoms with Crippen molar-refractivity contribution in [1.82, 2.24) is 9.80 Å². The third-order valence-corrected chi connectivity index (χ3v) is 5.82. The van der Waals surface area contributed by atoms with Crippen LogP contribution in [0.2, 0.25) is 0 Å². The summed E-state index contributed by atoms with van der Waals surface area (Å²) in [6.07, 6.45) is 2.53. The lowest BCUT2D eigenvalue weighted by Gasteiger charge is -2.33. The van der Waals surface area contributed by atoms with Crippen molar-refractivity contribution < 1.29 is 15.0 Å². The van der Waals surface area contributed by atoms with Gasteiger partial charge in [0, 0.05) is 38.8 Å². The third kappa shape index (κ3) is 4.81. The van der Waals surface area contributed by atoms with Crippen LogP contribution in [0.3, 0.4) is 0 Å². The molecule has 0 saturated carbocycles. The van der Waals surface area contributed by atoms with Gasteiger partial charge in [0.05, 0.1) is 6.42 Å². The summed E-state index contributed by atoms with van der Waals surface area (Å²) in [5.41, 5.74) is 1.04. The molecule has 3 rings (SSSR count). The van der Waals surface area contributed by atoms with Gasteiger partial charge in [-0.2, -0.15) is 0 Å². The topological polar surface area (TPSA) is 64.0 Å². The van der Waals surface area contributed by atoms with Crippen LogP contribution in [0, 0.1) is 17.8 Å². The number of carbonyl (C=O) groups is 1. The quantitative estimate of drug-likeness (QED) is 0.807. The number of hydrogen-bond acceptors (Lipinski definition) is 4. The third-order valence-electron chi connectivity index (χ3n) is 5.82. The molecule has 0 aliphatic carbocycles. The fourth-order valence-corrected chi connectivity index (χ4v) is 4.12. The number of carbonyl (C=O) groups excluding carboxylic acids is 1. The second-order valence-electron chi connectivity index (χ2n) is 7.59. The highest BCUT2D eigenvalue weighted by atomic mass is 16.3. The van der Waals surface area contributed by atoms with E-state index in [-0.39, 0.29) is 25.0 Å². The summed E-state index contributed by atoms with van der Waals surface area (Å²) >= 11 is 0. The number of rotatable bonds is 6. The second-order valence-corrected chi connectivity index (χ2v) is 7.59. The number of nitrogens with zero attached hydrogens (tertiary/aromatic N) is 2. The van der Waals surface area contributed by atoms with Gasteiger partial charge in [-0.1, -0.05) is 30.3 Å². The van der Waals surface area contributed by atoms with Crippen LogP contribution in [0.15, 0.2) is 30.3 Å². The summed E-state index contributed by atoms with van der Waals surface area (Å²) in [5, 5.41) is 19.0. The van der Waals surface area contributed by atoms with E-state index in [0.717, 1.165) is 44.6 Å². The van der Waals surface area contributed by atoms with Crippen LogP contribution in [0.4, 0.5) is 0 Å². The fourth-order valence-electron chi connectivity index (χ4n) is 4.12. The van der Waals surface area contributed by atoms with Gasteiger partial charge in [0.25, 0.3) is 0 Å². The maximum Gasteiger partial charge on any atom is 0.227 e. The van der Waals surface area contributed by atoms with Crippen LogP contribution in [-0.4, -0.2) is 71.9 Å². The van der Waals surface area contributed by atoms with E-state index in [0.29, 0.717) is 24.8 Å². The Balaban J connectivity index is 1.52. The highest BCUT2D eigenvalue weighted by molar-refractivity contribution is 5.79. The molecule has 1 aromatic carbocycles. The predicted octanol–water partition coefficient (Wildman–Crippen LogP) is 1.00. The molecule has 0 aromatic heterocycles. The Bertz CT molecular complexity index is 543. The van der Waals surface area contributed by atoms with Gasteiger partial charge in [-0.25, -0.2) is 0 Å². The Morgan fingerprint density at radius 2 is 1.68 bits per heavy atom. The number of benzene rings is 1. The second kappa shape index (κ2) is 8.79. The molecule has 138 valence electrons. The summed E-state index contributed by atoms with van der Waals surface area (Å²) in [6, 6.07) is 9.85. The largest absolute Gasteiger partial charge is 0.396 e. The number of amides is 1. The first-order valence-corrected chi connectivity index (χ1v) is 9.45. The molecule has 2 atom stereocenters. The first-order chi connectivity index (χ1) is 12.2. The molecule has 5 nitrogen and oxygen atoms in total. The Labute approximate surface area is 150 Å². The molecule has 1 amide bonds. The fraction of sp³-hybridized carbons (Fsp3) is 0.650. The average molecular weight is 346 g/mol. The van der Waals surface area contributed by atoms with E-state index in [1.54, 1.807) is 0 Å². The van der Waals surface area contributed by atoms with E-state index in [2.05, 4.69) is 4.90 Å². The number of aliphatic hydroxyl groups is 2. The van der Waals surface area contributed by atoms with E-state index < -0.39 is 0 Å². The predicted molar refractivity (Wildman–Crippen MR) is 97.0 cm³/mol. The van der Waals surface area contributed by atoms with E-state index in [1.165, 1.54) is 0 Å². The summed E-state index contributed by atoms with van der Waals surface area (Å²) in [4.78, 5) is 17.0. The van der Waals surface area contributed by atoms with Crippen LogP contribution < -0.4 is 0 Å². The van der Waals surface area contributed by atoms with Crippen LogP contribution in [0.5, 0.6) is 0 Å². The molecule has 2 aliphatic heterocycles. The molecule has 1 aromatic rings. The van der Waals surface area contributed by atoms with Gasteiger partial charge in [0.2, 0.25) is 5.91 Å². The maximum absolute atomic E-state index is 12.6. The number of likely N-dealkylation sites (tertiary alicyclic amines) is 2. The monoisotopic (exact) mass is 346 g/mol. The lowest BCUT2D eigenvalue weighted by atomic mass is 9.93. The van der Waals surface area contributed by atoms with E-state index in [9.17, 15) is 15.0 Å². The Morgan fingerprint density at radius 1 is 1.00 bits per heavy atom. The van der Waals surface area contributed by atoms with Crippen molar-refractivity contribution in [1.29, 1.82) is 0 Å². The number of hydrogen-bond donors (Lipinski definition) is 2. The highest BCUT2D eigenvalue weighted by Gasteiger charge is 2.36. The summed E-state index contributed by atoms with van der Waals surface area (Å²) in [6.45, 7) is 4.82. The summed E-state index contributed by atoms with van der Waals surface area (Å²) < 4.78 is 0. The van der Waals surface area contributed by atoms with E-state index >= 15 is 0 Å². The van der Waals surface area contributed by atoms with Gasteiger partial charge in [0.15, 0.2) is 0 Å². The van der Waals surface area contributed by atoms with E-state index in [4.69, 9.17) is 0 Å². The molecular weight excluding hydrogens is 316 g/mol. The molecule has 0 radical (unpaired) electrons. The zero-order valence-electron chi connectivity index (χ0n) is 14.9. The zero-order valence-corrected chi connectivity index (χ0v) is 14.9. The summed E-state index contributed by atoms with van der Waals surface area (Å²) in [7, 11) is 0. The molecule has 0 spiro atoms. The Hall–Kier alpha value is -1.43. The van der Waals surface area contributed by atoms with Crippen molar-refractivity contribution in [2.24, 2.45) is 17.8 Å². The SMILES string of the molecule is O=C(Cc1ccccc1)N1CC(CO)C(CN2CCC(CO)CC2)C1. The Kier molecular flexibility index (Phi) is 6.45. The lowest BCUT2D eigenvalue weighted by molar-refractivity contribution is -0.129. The van der Waals surface area contributed by atoms with Crippen molar-refractivity contribution in [2.75, 3.05) is 45.9 Å². The standard InChI is InChI=1S/C20H30N2O3/c23-14-17-6-8-21(9-7-17)11-18-12-22(13-19(18)15-24)20(25)10-16-4-2-1-3-5-16/h1-5,17-19,23-24H,6-15H2. The van der Waals surface area contributed by atoms with Crippen molar-refractivity contribution in [2.45, 2.75) is 19.3 Å². The molecule has 2 heterocycles. The van der Waals surface area contributed by atoms with Crippen LogP contribution in [-0.2, 0) is 11.2 Å². The average Bonchev–Trinajstić information content (AvgIpc) is 3.06. The van der Waals surface area contributed by atoms with E-state index in [1.807, 2.05) is 35.2 Å². The number of piperidine rings is 1. The van der Waals surface area contributed by atoms with Crippen molar-refractivity contribution in [3.8, 4) is 0 Å². The van der Waals surface area contributed by atoms with Crippen LogP contribution in [0.1, 0.15) is 18.4 Å². The Morgan fingerprint density at radius 3 is 2.32 bits per heavy atom. The minimum absolute atomic E-state index is 0.146. The van der Waals surface area contributed by atoms with Crippen molar-refractivity contribution in [3.63, 3.8) is 0 Å². The van der Waals surface area contributed by atoms with Gasteiger partial charge in [-0.3, -0.25) is 4.79 Å². The first kappa shape index (κ1) is 18.4. The normalized spacial score (nSPS) is 25.4. The molecule has 5 heteroatoms. The highest BCUT2D eigenvalue weighted by Crippen LogP contribution is 2.26. The summed E-state index contributed by atoms with van der Waals surface area (Å²) in [5.74, 6) is 1.12. The van der Waals surface area contributed by atoms with Crippen molar-refractivity contribution >= 4 is 5.91 Å². The molecule has 2 aliphatic rings. The molecule has 2 saturated heterocycles. The minimum Gasteiger partial charge on any atom is -0.396 e. The maximum atomic E-state index is 12.6. The number of aliphatic hydroxyl groups excluding tert-OH is 2. The smallest absolute Gasteiger partial charge is 0.227 e. The van der Waals surface area contributed by atoms with Gasteiger partial charge in [0.1, 0.15) is 0 Å². The van der Waals surface area contributed by atoms with Crippen molar-refractivity contribution in [3.05, 3.63) is 35.9 Å². The van der Waals surface area contributed by atoms with Crippen LogP contribution >= 0.6 is 0 Å². The molecule has 2 unspecified atom stereocenters. The first-order valence-electron chi connectivity index (χ1n) is 9.45. The molecule has 25 heavy (non-hydrogen) atoms. The van der Waals surface area contributed by atoms with Gasteiger partial charge in [-0.15, -0.1) is 0 Å². The molecule has 0 bridgehead atoms. The van der Waals surface area contributed by atoms with Crippen LogP contribution in [0.25, 0.3) is 0 Å². The zero-order chi connectivity index (χ0) is 17.6. The van der Waals surface area contributed by atoms with Gasteiger partial charge >= 0.3 is 0 Å². The minimum atomic E-state index is 0.146. The van der Waals surface area contributed by atoms with Gasteiger partial charge < -0.3 is 20.0 Å². The lowest BCUT2D eigenvalue weighted by Crippen LogP contribution is -2.40. The molecular formula is C20H30N2O3.